The van der Waals surface area contributed by atoms with Crippen LogP contribution in [0.2, 0.25) is 0 Å². The zero-order chi connectivity index (χ0) is 22.9. The van der Waals surface area contributed by atoms with E-state index in [1.54, 1.807) is 24.9 Å². The minimum atomic E-state index is -0.186. The Morgan fingerprint density at radius 1 is 1.21 bits per heavy atom. The van der Waals surface area contributed by atoms with Crippen LogP contribution in [0, 0.1) is 0 Å². The van der Waals surface area contributed by atoms with E-state index in [4.69, 9.17) is 9.47 Å². The summed E-state index contributed by atoms with van der Waals surface area (Å²) in [5.74, 6) is 2.17. The Hall–Kier alpha value is -3.10. The Morgan fingerprint density at radius 3 is 2.76 bits per heavy atom. The average molecular weight is 465 g/mol. The summed E-state index contributed by atoms with van der Waals surface area (Å²) in [6, 6.07) is 17.7. The molecule has 0 radical (unpaired) electrons. The topological polar surface area (TPSA) is 78.3 Å². The molecule has 1 N–H and O–H groups in total. The third-order valence-electron chi connectivity index (χ3n) is 5.36. The van der Waals surface area contributed by atoms with Crippen LogP contribution in [0.15, 0.2) is 65.8 Å². The Balaban J connectivity index is 1.40. The molecule has 3 aromatic rings. The van der Waals surface area contributed by atoms with Crippen LogP contribution in [-0.2, 0) is 22.6 Å². The number of thioether (sulfide) groups is 1. The second-order valence-corrected chi connectivity index (χ2v) is 8.73. The van der Waals surface area contributed by atoms with Gasteiger partial charge in [0, 0.05) is 18.4 Å². The first-order valence-electron chi connectivity index (χ1n) is 11.0. The molecule has 1 amide bonds. The van der Waals surface area contributed by atoms with Gasteiger partial charge in [0.05, 0.1) is 26.3 Å². The van der Waals surface area contributed by atoms with Crippen molar-refractivity contribution in [2.75, 3.05) is 19.5 Å². The zero-order valence-electron chi connectivity index (χ0n) is 18.6. The molecule has 2 aromatic carbocycles. The van der Waals surface area contributed by atoms with E-state index in [2.05, 4.69) is 32.2 Å². The number of nitrogens with one attached hydrogen (secondary N) is 1. The molecule has 0 spiro atoms. The van der Waals surface area contributed by atoms with Gasteiger partial charge in [-0.15, -0.1) is 10.2 Å². The number of aromatic nitrogens is 3. The van der Waals surface area contributed by atoms with Gasteiger partial charge >= 0.3 is 0 Å². The summed E-state index contributed by atoms with van der Waals surface area (Å²) >= 11 is 1.66. The first-order chi connectivity index (χ1) is 16.2. The Bertz CT molecular complexity index is 1060. The maximum atomic E-state index is 12.4. The van der Waals surface area contributed by atoms with E-state index in [1.165, 1.54) is 6.08 Å². The summed E-state index contributed by atoms with van der Waals surface area (Å²) in [6.07, 6.45) is 5.76. The fraction of sp³-hybridized carbons (Fsp3) is 0.320. The maximum absolute atomic E-state index is 12.4. The molecule has 1 aliphatic rings. The van der Waals surface area contributed by atoms with Gasteiger partial charge in [-0.3, -0.25) is 4.79 Å². The second-order valence-electron chi connectivity index (χ2n) is 7.74. The average Bonchev–Trinajstić information content (AvgIpc) is 3.51. The molecule has 1 atom stereocenters. The quantitative estimate of drug-likeness (QED) is 0.362. The molecular formula is C25H28N4O3S. The van der Waals surface area contributed by atoms with Crippen molar-refractivity contribution in [3.8, 4) is 5.75 Å². The van der Waals surface area contributed by atoms with Crippen LogP contribution < -0.4 is 10.1 Å². The summed E-state index contributed by atoms with van der Waals surface area (Å²) in [4.78, 5) is 12.4. The monoisotopic (exact) mass is 464 g/mol. The van der Waals surface area contributed by atoms with E-state index < -0.39 is 0 Å². The van der Waals surface area contributed by atoms with Gasteiger partial charge in [0.2, 0.25) is 5.91 Å². The molecule has 0 unspecified atom stereocenters. The van der Waals surface area contributed by atoms with E-state index in [9.17, 15) is 4.79 Å². The number of hydrogen-bond donors (Lipinski definition) is 1. The van der Waals surface area contributed by atoms with Gasteiger partial charge in [-0.1, -0.05) is 54.2 Å². The van der Waals surface area contributed by atoms with Crippen LogP contribution in [0.3, 0.4) is 0 Å². The van der Waals surface area contributed by atoms with Crippen molar-refractivity contribution >= 4 is 23.7 Å². The molecule has 0 bridgehead atoms. The number of amides is 1. The summed E-state index contributed by atoms with van der Waals surface area (Å²) < 4.78 is 13.0. The predicted molar refractivity (Wildman–Crippen MR) is 129 cm³/mol. The van der Waals surface area contributed by atoms with Crippen molar-refractivity contribution in [2.45, 2.75) is 37.2 Å². The van der Waals surface area contributed by atoms with Crippen molar-refractivity contribution in [2.24, 2.45) is 0 Å². The molecule has 1 aliphatic heterocycles. The van der Waals surface area contributed by atoms with E-state index in [-0.39, 0.29) is 12.0 Å². The number of ether oxygens (including phenoxy) is 2. The summed E-state index contributed by atoms with van der Waals surface area (Å²) in [6.45, 7) is 1.78. The largest absolute Gasteiger partial charge is 0.497 e. The fourth-order valence-electron chi connectivity index (χ4n) is 3.54. The number of nitrogens with zero attached hydrogens (tertiary/aromatic N) is 3. The molecule has 7 nitrogen and oxygen atoms in total. The minimum Gasteiger partial charge on any atom is -0.497 e. The lowest BCUT2D eigenvalue weighted by molar-refractivity contribution is -0.116. The van der Waals surface area contributed by atoms with E-state index in [0.717, 1.165) is 53.1 Å². The van der Waals surface area contributed by atoms with Gasteiger partial charge in [-0.25, -0.2) is 0 Å². The molecule has 4 rings (SSSR count). The van der Waals surface area contributed by atoms with Crippen LogP contribution in [0.4, 0.5) is 0 Å². The van der Waals surface area contributed by atoms with Crippen LogP contribution in [-0.4, -0.2) is 46.2 Å². The maximum Gasteiger partial charge on any atom is 0.244 e. The minimum absolute atomic E-state index is 0.186. The highest BCUT2D eigenvalue weighted by Crippen LogP contribution is 2.24. The number of methoxy groups -OCH3 is 1. The fourth-order valence-corrected chi connectivity index (χ4v) is 4.56. The molecular weight excluding hydrogens is 436 g/mol. The molecule has 2 heterocycles. The second kappa shape index (κ2) is 11.7. The lowest BCUT2D eigenvalue weighted by atomic mass is 10.2. The Morgan fingerprint density at radius 2 is 2.03 bits per heavy atom. The standard InChI is InChI=1S/C25H28N4O3S/c1-31-21-12-9-19(10-13-21)11-14-24(30)26-16-23-27-28-25(33-18-22-8-5-15-32-22)29(23)17-20-6-3-2-4-7-20/h2-4,6-7,9-14,22H,5,8,15-18H2,1H3,(H,26,30)/b14-11+/t22-/m0/s1. The van der Waals surface area contributed by atoms with Crippen molar-refractivity contribution in [1.82, 2.24) is 20.1 Å². The van der Waals surface area contributed by atoms with Crippen LogP contribution >= 0.6 is 11.8 Å². The van der Waals surface area contributed by atoms with Crippen molar-refractivity contribution < 1.29 is 14.3 Å². The summed E-state index contributed by atoms with van der Waals surface area (Å²) in [5, 5.41) is 12.5. The smallest absolute Gasteiger partial charge is 0.244 e. The highest BCUT2D eigenvalue weighted by atomic mass is 32.2. The predicted octanol–water partition coefficient (Wildman–Crippen LogP) is 3.94. The summed E-state index contributed by atoms with van der Waals surface area (Å²) in [7, 11) is 1.63. The Kier molecular flexibility index (Phi) is 8.16. The van der Waals surface area contributed by atoms with E-state index in [0.29, 0.717) is 13.1 Å². The Labute approximate surface area is 198 Å². The van der Waals surface area contributed by atoms with Gasteiger partial charge in [0.1, 0.15) is 5.75 Å². The number of rotatable bonds is 10. The number of carbonyl (C=O) groups is 1. The lowest BCUT2D eigenvalue weighted by Gasteiger charge is -2.12. The first kappa shape index (κ1) is 23.1. The molecule has 172 valence electrons. The molecule has 33 heavy (non-hydrogen) atoms. The number of hydrogen-bond acceptors (Lipinski definition) is 6. The third-order valence-corrected chi connectivity index (χ3v) is 6.46. The molecule has 8 heteroatoms. The molecule has 1 aromatic heterocycles. The van der Waals surface area contributed by atoms with Gasteiger partial charge < -0.3 is 19.4 Å². The van der Waals surface area contributed by atoms with E-state index in [1.807, 2.05) is 42.5 Å². The van der Waals surface area contributed by atoms with Crippen molar-refractivity contribution in [1.29, 1.82) is 0 Å². The van der Waals surface area contributed by atoms with E-state index >= 15 is 0 Å². The highest BCUT2D eigenvalue weighted by molar-refractivity contribution is 7.99. The molecule has 1 fully saturated rings. The van der Waals surface area contributed by atoms with Crippen molar-refractivity contribution in [3.05, 3.63) is 77.6 Å². The van der Waals surface area contributed by atoms with Crippen LogP contribution in [0.25, 0.3) is 6.08 Å². The van der Waals surface area contributed by atoms with Crippen LogP contribution in [0.1, 0.15) is 29.8 Å². The van der Waals surface area contributed by atoms with Crippen molar-refractivity contribution in [3.63, 3.8) is 0 Å². The first-order valence-corrected chi connectivity index (χ1v) is 12.0. The van der Waals surface area contributed by atoms with Gasteiger partial charge in [0.25, 0.3) is 0 Å². The number of benzene rings is 2. The van der Waals surface area contributed by atoms with Gasteiger partial charge in [-0.05, 0) is 42.2 Å². The number of carbonyl (C=O) groups excluding carboxylic acids is 1. The summed E-state index contributed by atoms with van der Waals surface area (Å²) in [5.41, 5.74) is 2.08. The van der Waals surface area contributed by atoms with Crippen LogP contribution in [0.5, 0.6) is 5.75 Å². The molecule has 0 saturated carbocycles. The zero-order valence-corrected chi connectivity index (χ0v) is 19.5. The molecule has 1 saturated heterocycles. The molecule has 0 aliphatic carbocycles. The highest BCUT2D eigenvalue weighted by Gasteiger charge is 2.19. The SMILES string of the molecule is COc1ccc(/C=C/C(=O)NCc2nnc(SC[C@@H]3CCCO3)n2Cc2ccccc2)cc1. The lowest BCUT2D eigenvalue weighted by Crippen LogP contribution is -2.23. The third kappa shape index (κ3) is 6.69. The normalized spacial score (nSPS) is 15.7. The van der Waals surface area contributed by atoms with Gasteiger partial charge in [0.15, 0.2) is 11.0 Å². The van der Waals surface area contributed by atoms with Gasteiger partial charge in [-0.2, -0.15) is 0 Å².